The van der Waals surface area contributed by atoms with E-state index < -0.39 is 0 Å². The van der Waals surface area contributed by atoms with E-state index in [9.17, 15) is 4.79 Å². The molecule has 0 atom stereocenters. The fourth-order valence-electron chi connectivity index (χ4n) is 1.90. The fourth-order valence-corrected chi connectivity index (χ4v) is 1.90. The number of benzene rings is 1. The number of carbonyl (C=O) groups excluding carboxylic acids is 1. The van der Waals surface area contributed by atoms with E-state index in [4.69, 9.17) is 4.52 Å². The lowest BCUT2D eigenvalue weighted by molar-refractivity contribution is 0.102. The average Bonchev–Trinajstić information content (AvgIpc) is 2.94. The number of amides is 1. The summed E-state index contributed by atoms with van der Waals surface area (Å²) in [5, 5.41) is 9.53. The van der Waals surface area contributed by atoms with Gasteiger partial charge >= 0.3 is 0 Å². The number of rotatable bonds is 4. The van der Waals surface area contributed by atoms with Gasteiger partial charge in [0.2, 0.25) is 0 Å². The molecule has 0 aliphatic heterocycles. The molecule has 0 saturated carbocycles. The van der Waals surface area contributed by atoms with Crippen LogP contribution < -0.4 is 10.6 Å². The largest absolute Gasteiger partial charge is 0.360 e. The summed E-state index contributed by atoms with van der Waals surface area (Å²) in [7, 11) is 0. The lowest BCUT2D eigenvalue weighted by Gasteiger charge is -2.06. The number of aromatic nitrogens is 2. The summed E-state index contributed by atoms with van der Waals surface area (Å²) in [6.07, 6.45) is 1.61. The molecule has 3 aromatic rings. The van der Waals surface area contributed by atoms with Crippen molar-refractivity contribution in [3.63, 3.8) is 0 Å². The summed E-state index contributed by atoms with van der Waals surface area (Å²) in [4.78, 5) is 16.2. The van der Waals surface area contributed by atoms with Crippen LogP contribution in [0.3, 0.4) is 0 Å². The molecule has 6 nitrogen and oxygen atoms in total. The quantitative estimate of drug-likeness (QED) is 0.771. The molecule has 0 aliphatic carbocycles. The highest BCUT2D eigenvalue weighted by Crippen LogP contribution is 2.15. The van der Waals surface area contributed by atoms with Crippen molar-refractivity contribution in [2.45, 2.75) is 6.92 Å². The second-order valence-corrected chi connectivity index (χ2v) is 4.70. The minimum absolute atomic E-state index is 0.305. The molecule has 0 aliphatic rings. The molecule has 3 rings (SSSR count). The Morgan fingerprint density at radius 1 is 1.09 bits per heavy atom. The van der Waals surface area contributed by atoms with Gasteiger partial charge in [-0.15, -0.1) is 0 Å². The van der Waals surface area contributed by atoms with E-state index in [0.717, 1.165) is 11.4 Å². The zero-order valence-electron chi connectivity index (χ0n) is 11.9. The van der Waals surface area contributed by atoms with Crippen molar-refractivity contribution in [3.8, 4) is 0 Å². The maximum atomic E-state index is 12.0. The van der Waals surface area contributed by atoms with E-state index in [1.807, 2.05) is 30.3 Å². The smallest absolute Gasteiger partial charge is 0.275 e. The van der Waals surface area contributed by atoms with Crippen LogP contribution in [0.1, 0.15) is 16.2 Å². The number of pyridine rings is 1. The first-order valence-corrected chi connectivity index (χ1v) is 6.73. The van der Waals surface area contributed by atoms with Gasteiger partial charge in [0.1, 0.15) is 11.5 Å². The number of para-hydroxylation sites is 1. The first-order valence-electron chi connectivity index (χ1n) is 6.73. The van der Waals surface area contributed by atoms with Crippen LogP contribution >= 0.6 is 0 Å². The van der Waals surface area contributed by atoms with Gasteiger partial charge in [-0.1, -0.05) is 23.4 Å². The van der Waals surface area contributed by atoms with Crippen LogP contribution in [-0.2, 0) is 0 Å². The maximum absolute atomic E-state index is 12.0. The molecule has 0 saturated heterocycles. The molecule has 6 heteroatoms. The van der Waals surface area contributed by atoms with Crippen LogP contribution in [0.5, 0.6) is 0 Å². The zero-order chi connectivity index (χ0) is 15.4. The molecule has 22 heavy (non-hydrogen) atoms. The third-order valence-electron chi connectivity index (χ3n) is 2.93. The Morgan fingerprint density at radius 2 is 1.91 bits per heavy atom. The Morgan fingerprint density at radius 3 is 2.55 bits per heavy atom. The van der Waals surface area contributed by atoms with E-state index in [1.165, 1.54) is 0 Å². The molecular weight excluding hydrogens is 280 g/mol. The summed E-state index contributed by atoms with van der Waals surface area (Å²) in [5.74, 6) is 0.668. The summed E-state index contributed by atoms with van der Waals surface area (Å²) in [6.45, 7) is 1.75. The SMILES string of the molecule is Cc1cc(NC(=O)c2ccc(Nc3ccccc3)cn2)no1. The molecule has 0 bridgehead atoms. The minimum atomic E-state index is -0.334. The fraction of sp³-hybridized carbons (Fsp3) is 0.0625. The standard InChI is InChI=1S/C16H14N4O2/c1-11-9-15(20-22-11)19-16(21)14-8-7-13(10-17-14)18-12-5-3-2-4-6-12/h2-10,18H,1H3,(H,19,20,21). The van der Waals surface area contributed by atoms with Gasteiger partial charge in [-0.05, 0) is 31.2 Å². The Bertz CT molecular complexity index is 766. The molecule has 2 heterocycles. The number of carbonyl (C=O) groups is 1. The zero-order valence-corrected chi connectivity index (χ0v) is 11.9. The summed E-state index contributed by atoms with van der Waals surface area (Å²) < 4.78 is 4.89. The Hall–Kier alpha value is -3.15. The van der Waals surface area contributed by atoms with Crippen molar-refractivity contribution in [3.05, 3.63) is 66.2 Å². The molecule has 0 spiro atoms. The van der Waals surface area contributed by atoms with Crippen molar-refractivity contribution in [2.75, 3.05) is 10.6 Å². The van der Waals surface area contributed by atoms with Crippen LogP contribution in [0.25, 0.3) is 0 Å². The molecule has 0 radical (unpaired) electrons. The van der Waals surface area contributed by atoms with E-state index >= 15 is 0 Å². The van der Waals surface area contributed by atoms with E-state index in [0.29, 0.717) is 17.3 Å². The third-order valence-corrected chi connectivity index (χ3v) is 2.93. The molecule has 110 valence electrons. The van der Waals surface area contributed by atoms with Crippen molar-refractivity contribution in [1.82, 2.24) is 10.1 Å². The van der Waals surface area contributed by atoms with Gasteiger partial charge in [-0.2, -0.15) is 0 Å². The highest BCUT2D eigenvalue weighted by atomic mass is 16.5. The Kier molecular flexibility index (Phi) is 3.82. The van der Waals surface area contributed by atoms with Crippen molar-refractivity contribution in [2.24, 2.45) is 0 Å². The van der Waals surface area contributed by atoms with Gasteiger partial charge in [0.25, 0.3) is 5.91 Å². The van der Waals surface area contributed by atoms with Crippen LogP contribution in [-0.4, -0.2) is 16.0 Å². The highest BCUT2D eigenvalue weighted by molar-refractivity contribution is 6.02. The normalized spacial score (nSPS) is 10.2. The predicted octanol–water partition coefficient (Wildman–Crippen LogP) is 3.37. The van der Waals surface area contributed by atoms with Gasteiger partial charge in [0.05, 0.1) is 11.9 Å². The summed E-state index contributed by atoms with van der Waals surface area (Å²) in [5.41, 5.74) is 2.07. The average molecular weight is 294 g/mol. The number of nitrogens with zero attached hydrogens (tertiary/aromatic N) is 2. The van der Waals surface area contributed by atoms with Gasteiger partial charge < -0.3 is 15.2 Å². The monoisotopic (exact) mass is 294 g/mol. The number of aryl methyl sites for hydroxylation is 1. The maximum Gasteiger partial charge on any atom is 0.275 e. The van der Waals surface area contributed by atoms with Gasteiger partial charge in [-0.3, -0.25) is 4.79 Å². The van der Waals surface area contributed by atoms with E-state index in [1.54, 1.807) is 31.3 Å². The lowest BCUT2D eigenvalue weighted by Crippen LogP contribution is -2.13. The minimum Gasteiger partial charge on any atom is -0.360 e. The lowest BCUT2D eigenvalue weighted by atomic mass is 10.3. The molecule has 1 aromatic carbocycles. The van der Waals surface area contributed by atoms with Crippen LogP contribution in [0.4, 0.5) is 17.2 Å². The number of hydrogen-bond donors (Lipinski definition) is 2. The third kappa shape index (κ3) is 3.29. The van der Waals surface area contributed by atoms with Crippen molar-refractivity contribution >= 4 is 23.1 Å². The molecule has 1 amide bonds. The van der Waals surface area contributed by atoms with Gasteiger partial charge in [-0.25, -0.2) is 4.98 Å². The molecule has 2 N–H and O–H groups in total. The first-order chi connectivity index (χ1) is 10.7. The summed E-state index contributed by atoms with van der Waals surface area (Å²) >= 11 is 0. The van der Waals surface area contributed by atoms with Crippen LogP contribution in [0.2, 0.25) is 0 Å². The van der Waals surface area contributed by atoms with Gasteiger partial charge in [0.15, 0.2) is 5.82 Å². The Balaban J connectivity index is 1.67. The van der Waals surface area contributed by atoms with E-state index in [-0.39, 0.29) is 5.91 Å². The van der Waals surface area contributed by atoms with Crippen molar-refractivity contribution in [1.29, 1.82) is 0 Å². The van der Waals surface area contributed by atoms with Crippen LogP contribution in [0.15, 0.2) is 59.3 Å². The van der Waals surface area contributed by atoms with Crippen LogP contribution in [0, 0.1) is 6.92 Å². The second kappa shape index (κ2) is 6.09. The molecule has 0 unspecified atom stereocenters. The summed E-state index contributed by atoms with van der Waals surface area (Å²) in [6, 6.07) is 14.8. The number of anilines is 3. The second-order valence-electron chi connectivity index (χ2n) is 4.70. The number of hydrogen-bond acceptors (Lipinski definition) is 5. The molecule has 2 aromatic heterocycles. The Labute approximate surface area is 127 Å². The number of nitrogens with one attached hydrogen (secondary N) is 2. The molecular formula is C16H14N4O2. The predicted molar refractivity (Wildman–Crippen MR) is 83.2 cm³/mol. The van der Waals surface area contributed by atoms with Crippen molar-refractivity contribution < 1.29 is 9.32 Å². The first kappa shape index (κ1) is 13.8. The topological polar surface area (TPSA) is 80.0 Å². The molecule has 0 fully saturated rings. The van der Waals surface area contributed by atoms with Gasteiger partial charge in [0, 0.05) is 11.8 Å². The highest BCUT2D eigenvalue weighted by Gasteiger charge is 2.10. The van der Waals surface area contributed by atoms with E-state index in [2.05, 4.69) is 20.8 Å².